The minimum atomic E-state index is -4.55. The molecule has 0 saturated carbocycles. The summed E-state index contributed by atoms with van der Waals surface area (Å²) < 4.78 is 62.8. The number of hydrogen-bond donors (Lipinski definition) is 2. The molecule has 0 bridgehead atoms. The lowest BCUT2D eigenvalue weighted by Crippen LogP contribution is -2.35. The first-order valence-corrected chi connectivity index (χ1v) is 9.45. The number of sulfonamides is 1. The average molecular weight is 395 g/mol. The molecule has 26 heavy (non-hydrogen) atoms. The molecule has 3 N–H and O–H groups in total. The van der Waals surface area contributed by atoms with Crippen LogP contribution in [0.1, 0.15) is 30.6 Å². The molecule has 0 aromatic heterocycles. The first kappa shape index (κ1) is 22.4. The van der Waals surface area contributed by atoms with Crippen molar-refractivity contribution >= 4 is 15.9 Å². The number of halogens is 3. The molecular weight excluding hydrogens is 371 g/mol. The maximum Gasteiger partial charge on any atom is 0.405 e. The molecule has 0 spiro atoms. The number of benzene rings is 1. The van der Waals surface area contributed by atoms with E-state index in [0.717, 1.165) is 10.4 Å². The van der Waals surface area contributed by atoms with Gasteiger partial charge in [0, 0.05) is 25.2 Å². The summed E-state index contributed by atoms with van der Waals surface area (Å²) in [7, 11) is -2.50. The van der Waals surface area contributed by atoms with Crippen LogP contribution in [0.3, 0.4) is 0 Å². The number of alkyl halides is 3. The summed E-state index contributed by atoms with van der Waals surface area (Å²) in [6.45, 7) is 2.56. The van der Waals surface area contributed by atoms with Crippen LogP contribution < -0.4 is 11.1 Å². The molecule has 1 rings (SSSR count). The molecule has 0 saturated heterocycles. The van der Waals surface area contributed by atoms with Crippen molar-refractivity contribution in [2.24, 2.45) is 11.7 Å². The number of carbonyl (C=O) groups excluding carboxylic acids is 1. The zero-order valence-electron chi connectivity index (χ0n) is 14.9. The zero-order chi connectivity index (χ0) is 20.1. The lowest BCUT2D eigenvalue weighted by Gasteiger charge is -2.21. The van der Waals surface area contributed by atoms with Crippen LogP contribution in [0, 0.1) is 5.92 Å². The van der Waals surface area contributed by atoms with Crippen molar-refractivity contribution in [3.8, 4) is 0 Å². The van der Waals surface area contributed by atoms with Gasteiger partial charge in [0.15, 0.2) is 0 Å². The molecule has 0 fully saturated rings. The van der Waals surface area contributed by atoms with E-state index in [1.165, 1.54) is 25.2 Å². The quantitative estimate of drug-likeness (QED) is 0.704. The second kappa shape index (κ2) is 8.83. The van der Waals surface area contributed by atoms with Gasteiger partial charge in [-0.05, 0) is 30.5 Å². The highest BCUT2D eigenvalue weighted by Crippen LogP contribution is 2.18. The van der Waals surface area contributed by atoms with Gasteiger partial charge in [0.25, 0.3) is 5.91 Å². The van der Waals surface area contributed by atoms with E-state index in [0.29, 0.717) is 6.42 Å². The van der Waals surface area contributed by atoms with E-state index in [4.69, 9.17) is 5.73 Å². The summed E-state index contributed by atoms with van der Waals surface area (Å²) in [6.07, 6.45) is -4.09. The van der Waals surface area contributed by atoms with Gasteiger partial charge in [0.2, 0.25) is 10.0 Å². The van der Waals surface area contributed by atoms with Crippen molar-refractivity contribution in [3.05, 3.63) is 29.8 Å². The van der Waals surface area contributed by atoms with E-state index < -0.39 is 28.7 Å². The van der Waals surface area contributed by atoms with Gasteiger partial charge >= 0.3 is 6.18 Å². The van der Waals surface area contributed by atoms with Gasteiger partial charge in [-0.2, -0.15) is 13.2 Å². The monoisotopic (exact) mass is 395 g/mol. The van der Waals surface area contributed by atoms with Crippen molar-refractivity contribution in [1.29, 1.82) is 0 Å². The number of amides is 1. The number of nitrogens with one attached hydrogen (secondary N) is 1. The van der Waals surface area contributed by atoms with Gasteiger partial charge in [0.05, 0.1) is 4.90 Å². The molecule has 1 amide bonds. The van der Waals surface area contributed by atoms with E-state index in [1.54, 1.807) is 5.32 Å². The molecule has 1 aromatic carbocycles. The molecule has 1 aromatic rings. The third kappa shape index (κ3) is 6.58. The van der Waals surface area contributed by atoms with Crippen molar-refractivity contribution in [2.45, 2.75) is 37.4 Å². The van der Waals surface area contributed by atoms with Crippen LogP contribution in [0.2, 0.25) is 0 Å². The predicted octanol–water partition coefficient (Wildman–Crippen LogP) is 1.97. The number of rotatable bonds is 8. The molecule has 148 valence electrons. The van der Waals surface area contributed by atoms with E-state index in [2.05, 4.69) is 0 Å². The van der Waals surface area contributed by atoms with Crippen LogP contribution in [0.5, 0.6) is 0 Å². The Morgan fingerprint density at radius 3 is 2.46 bits per heavy atom. The van der Waals surface area contributed by atoms with Crippen molar-refractivity contribution in [2.75, 3.05) is 20.1 Å². The maximum atomic E-state index is 12.6. The molecule has 1 atom stereocenters. The molecule has 0 aliphatic rings. The topological polar surface area (TPSA) is 92.5 Å². The molecule has 6 nitrogen and oxygen atoms in total. The normalized spacial score (nSPS) is 13.9. The summed E-state index contributed by atoms with van der Waals surface area (Å²) in [5, 5.41) is 1.71. The zero-order valence-corrected chi connectivity index (χ0v) is 15.7. The predicted molar refractivity (Wildman–Crippen MR) is 92.1 cm³/mol. The van der Waals surface area contributed by atoms with Crippen LogP contribution in [-0.2, 0) is 10.0 Å². The Labute approximate surface area is 151 Å². The number of carbonyl (C=O) groups is 1. The third-order valence-corrected chi connectivity index (χ3v) is 5.74. The smallest absolute Gasteiger partial charge is 0.343 e. The molecule has 1 unspecified atom stereocenters. The van der Waals surface area contributed by atoms with Crippen LogP contribution in [-0.4, -0.2) is 51.0 Å². The van der Waals surface area contributed by atoms with Gasteiger partial charge in [-0.1, -0.05) is 19.9 Å². The van der Waals surface area contributed by atoms with Crippen LogP contribution in [0.4, 0.5) is 13.2 Å². The fourth-order valence-corrected chi connectivity index (χ4v) is 3.28. The molecule has 0 radical (unpaired) electrons. The third-order valence-electron chi connectivity index (χ3n) is 3.89. The summed E-state index contributed by atoms with van der Waals surface area (Å²) in [4.78, 5) is 11.6. The first-order chi connectivity index (χ1) is 11.8. The van der Waals surface area contributed by atoms with Gasteiger partial charge in [0.1, 0.15) is 6.54 Å². The SMILES string of the molecule is CC(C)C(N)CCN(C)S(=O)(=O)c1cccc(C(=O)NCC(F)(F)F)c1. The highest BCUT2D eigenvalue weighted by atomic mass is 32.2. The lowest BCUT2D eigenvalue weighted by atomic mass is 10.0. The standard InChI is InChI=1S/C16H24F3N3O3S/c1-11(2)14(20)7-8-22(3)26(24,25)13-6-4-5-12(9-13)15(23)21-10-16(17,18)19/h4-6,9,11,14H,7-8,10,20H2,1-3H3,(H,21,23). The lowest BCUT2D eigenvalue weighted by molar-refractivity contribution is -0.123. The van der Waals surface area contributed by atoms with Gasteiger partial charge in [-0.3, -0.25) is 4.79 Å². The molecule has 0 heterocycles. The van der Waals surface area contributed by atoms with E-state index >= 15 is 0 Å². The molecule has 10 heteroatoms. The van der Waals surface area contributed by atoms with Crippen molar-refractivity contribution in [1.82, 2.24) is 9.62 Å². The van der Waals surface area contributed by atoms with Crippen LogP contribution in [0.25, 0.3) is 0 Å². The van der Waals surface area contributed by atoms with Crippen LogP contribution in [0.15, 0.2) is 29.2 Å². The minimum absolute atomic E-state index is 0.160. The Kier molecular flexibility index (Phi) is 7.60. The van der Waals surface area contributed by atoms with Crippen molar-refractivity contribution in [3.63, 3.8) is 0 Å². The largest absolute Gasteiger partial charge is 0.405 e. The summed E-state index contributed by atoms with van der Waals surface area (Å²) in [5.41, 5.74) is 5.75. The summed E-state index contributed by atoms with van der Waals surface area (Å²) >= 11 is 0. The first-order valence-electron chi connectivity index (χ1n) is 8.01. The Balaban J connectivity index is 2.89. The van der Waals surface area contributed by atoms with E-state index in [9.17, 15) is 26.4 Å². The fraction of sp³-hybridized carbons (Fsp3) is 0.562. The fourth-order valence-electron chi connectivity index (χ4n) is 2.04. The maximum absolute atomic E-state index is 12.6. The second-order valence-corrected chi connectivity index (χ2v) is 8.39. The molecule has 0 aliphatic carbocycles. The van der Waals surface area contributed by atoms with Crippen LogP contribution >= 0.6 is 0 Å². The van der Waals surface area contributed by atoms with Gasteiger partial charge < -0.3 is 11.1 Å². The number of hydrogen-bond acceptors (Lipinski definition) is 4. The Morgan fingerprint density at radius 2 is 1.92 bits per heavy atom. The summed E-state index contributed by atoms with van der Waals surface area (Å²) in [5.74, 6) is -0.796. The van der Waals surface area contributed by atoms with Gasteiger partial charge in [-0.15, -0.1) is 0 Å². The summed E-state index contributed by atoms with van der Waals surface area (Å²) in [6, 6.07) is 4.74. The number of nitrogens with zero attached hydrogens (tertiary/aromatic N) is 1. The second-order valence-electron chi connectivity index (χ2n) is 6.35. The molecule has 0 aliphatic heterocycles. The average Bonchev–Trinajstić information content (AvgIpc) is 2.56. The Bertz CT molecular complexity index is 721. The van der Waals surface area contributed by atoms with E-state index in [1.807, 2.05) is 13.8 Å². The minimum Gasteiger partial charge on any atom is -0.343 e. The highest BCUT2D eigenvalue weighted by molar-refractivity contribution is 7.89. The van der Waals surface area contributed by atoms with Gasteiger partial charge in [-0.25, -0.2) is 12.7 Å². The highest BCUT2D eigenvalue weighted by Gasteiger charge is 2.28. The Hall–Kier alpha value is -1.65. The van der Waals surface area contributed by atoms with E-state index in [-0.39, 0.29) is 29.0 Å². The number of nitrogens with two attached hydrogens (primary N) is 1. The molecular formula is C16H24F3N3O3S. The Morgan fingerprint density at radius 1 is 1.31 bits per heavy atom. The van der Waals surface area contributed by atoms with Crippen molar-refractivity contribution < 1.29 is 26.4 Å².